The van der Waals surface area contributed by atoms with Crippen molar-refractivity contribution in [2.75, 3.05) is 13.1 Å². The van der Waals surface area contributed by atoms with Crippen LogP contribution in [-0.2, 0) is 16.0 Å². The minimum absolute atomic E-state index is 0.0374. The van der Waals surface area contributed by atoms with Gasteiger partial charge < -0.3 is 10.2 Å². The van der Waals surface area contributed by atoms with Gasteiger partial charge in [-0.05, 0) is 37.2 Å². The molecule has 1 aromatic rings. The first kappa shape index (κ1) is 17.0. The van der Waals surface area contributed by atoms with Crippen molar-refractivity contribution in [1.29, 1.82) is 0 Å². The highest BCUT2D eigenvalue weighted by Crippen LogP contribution is 2.27. The predicted octanol–water partition coefficient (Wildman–Crippen LogP) is 2.92. The Hall–Kier alpha value is -1.84. The normalized spacial score (nSPS) is 19.4. The number of nitrogens with one attached hydrogen (secondary N) is 1. The zero-order valence-corrected chi connectivity index (χ0v) is 14.4. The second kappa shape index (κ2) is 8.32. The third-order valence-electron chi connectivity index (χ3n) is 5.28. The fourth-order valence-corrected chi connectivity index (χ4v) is 3.94. The van der Waals surface area contributed by atoms with Gasteiger partial charge in [0.2, 0.25) is 11.8 Å². The van der Waals surface area contributed by atoms with Gasteiger partial charge in [-0.3, -0.25) is 9.59 Å². The first-order chi connectivity index (χ1) is 11.7. The van der Waals surface area contributed by atoms with Crippen molar-refractivity contribution in [1.82, 2.24) is 10.2 Å². The van der Waals surface area contributed by atoms with Crippen LogP contribution in [0.25, 0.3) is 0 Å². The zero-order chi connectivity index (χ0) is 16.8. The first-order valence-electron chi connectivity index (χ1n) is 9.34. The third-order valence-corrected chi connectivity index (χ3v) is 5.28. The number of likely N-dealkylation sites (tertiary alicyclic amines) is 1. The highest BCUT2D eigenvalue weighted by molar-refractivity contribution is 5.88. The molecule has 130 valence electrons. The van der Waals surface area contributed by atoms with Crippen LogP contribution in [0.15, 0.2) is 30.3 Å². The molecule has 0 aromatic heterocycles. The highest BCUT2D eigenvalue weighted by Gasteiger charge is 2.29. The summed E-state index contributed by atoms with van der Waals surface area (Å²) >= 11 is 0. The Morgan fingerprint density at radius 2 is 1.71 bits per heavy atom. The lowest BCUT2D eigenvalue weighted by molar-refractivity contribution is -0.135. The predicted molar refractivity (Wildman–Crippen MR) is 94.5 cm³/mol. The van der Waals surface area contributed by atoms with Gasteiger partial charge in [0.15, 0.2) is 0 Å². The number of carbonyl (C=O) groups is 2. The molecule has 0 radical (unpaired) electrons. The van der Waals surface area contributed by atoms with Crippen LogP contribution in [-0.4, -0.2) is 35.8 Å². The van der Waals surface area contributed by atoms with Gasteiger partial charge in [0, 0.05) is 25.9 Å². The van der Waals surface area contributed by atoms with E-state index in [4.69, 9.17) is 0 Å². The fraction of sp³-hybridized carbons (Fsp3) is 0.600. The van der Waals surface area contributed by atoms with Gasteiger partial charge in [0.05, 0.1) is 0 Å². The summed E-state index contributed by atoms with van der Waals surface area (Å²) in [5.74, 6) is 0.621. The molecule has 0 spiro atoms. The van der Waals surface area contributed by atoms with Crippen molar-refractivity contribution in [3.05, 3.63) is 35.9 Å². The molecule has 24 heavy (non-hydrogen) atoms. The lowest BCUT2D eigenvalue weighted by Gasteiger charge is -2.24. The van der Waals surface area contributed by atoms with E-state index >= 15 is 0 Å². The summed E-state index contributed by atoms with van der Waals surface area (Å²) in [6.07, 6.45) is 8.05. The second-order valence-corrected chi connectivity index (χ2v) is 7.20. The van der Waals surface area contributed by atoms with E-state index in [1.807, 2.05) is 35.2 Å². The van der Waals surface area contributed by atoms with Gasteiger partial charge in [-0.2, -0.15) is 0 Å². The summed E-state index contributed by atoms with van der Waals surface area (Å²) in [5.41, 5.74) is 1.09. The number of benzene rings is 1. The maximum atomic E-state index is 12.8. The third kappa shape index (κ3) is 4.59. The molecule has 1 aromatic carbocycles. The molecule has 2 amide bonds. The van der Waals surface area contributed by atoms with Gasteiger partial charge in [0.25, 0.3) is 0 Å². The van der Waals surface area contributed by atoms with Crippen molar-refractivity contribution in [2.24, 2.45) is 5.92 Å². The van der Waals surface area contributed by atoms with Crippen LogP contribution >= 0.6 is 0 Å². The van der Waals surface area contributed by atoms with Gasteiger partial charge in [-0.25, -0.2) is 0 Å². The molecule has 1 atom stereocenters. The number of hydrogen-bond acceptors (Lipinski definition) is 2. The molecule has 4 nitrogen and oxygen atoms in total. The summed E-state index contributed by atoms with van der Waals surface area (Å²) < 4.78 is 0. The Balaban J connectivity index is 1.63. The summed E-state index contributed by atoms with van der Waals surface area (Å²) in [7, 11) is 0. The Kier molecular flexibility index (Phi) is 5.89. The van der Waals surface area contributed by atoms with Gasteiger partial charge in [-0.15, -0.1) is 0 Å². The van der Waals surface area contributed by atoms with E-state index in [1.54, 1.807) is 0 Å². The molecule has 1 aliphatic heterocycles. The van der Waals surface area contributed by atoms with Crippen molar-refractivity contribution in [3.8, 4) is 0 Å². The van der Waals surface area contributed by atoms with Crippen LogP contribution in [0.1, 0.15) is 50.5 Å². The standard InChI is InChI=1S/C20H28N2O2/c23-19(15-17-10-4-5-11-17)21-18(14-16-8-2-1-3-9-16)20(24)22-12-6-7-13-22/h1-3,8-9,17-18H,4-7,10-15H2,(H,21,23)/t18-/m0/s1. The van der Waals surface area contributed by atoms with E-state index in [0.29, 0.717) is 18.8 Å². The Bertz CT molecular complexity index is 546. The van der Waals surface area contributed by atoms with Gasteiger partial charge in [0.1, 0.15) is 6.04 Å². The molecule has 3 rings (SSSR count). The topological polar surface area (TPSA) is 49.4 Å². The molecule has 1 saturated heterocycles. The summed E-state index contributed by atoms with van der Waals surface area (Å²) in [6.45, 7) is 1.64. The lowest BCUT2D eigenvalue weighted by Crippen LogP contribution is -2.49. The maximum absolute atomic E-state index is 12.8. The molecule has 0 bridgehead atoms. The van der Waals surface area contributed by atoms with Crippen LogP contribution in [0.2, 0.25) is 0 Å². The number of hydrogen-bond donors (Lipinski definition) is 1. The van der Waals surface area contributed by atoms with E-state index in [0.717, 1.165) is 44.3 Å². The molecule has 1 saturated carbocycles. The van der Waals surface area contributed by atoms with E-state index < -0.39 is 6.04 Å². The van der Waals surface area contributed by atoms with Crippen LogP contribution in [0.3, 0.4) is 0 Å². The maximum Gasteiger partial charge on any atom is 0.245 e. The largest absolute Gasteiger partial charge is 0.344 e. The highest BCUT2D eigenvalue weighted by atomic mass is 16.2. The first-order valence-corrected chi connectivity index (χ1v) is 9.34. The smallest absolute Gasteiger partial charge is 0.245 e. The van der Waals surface area contributed by atoms with Crippen LogP contribution < -0.4 is 5.32 Å². The zero-order valence-electron chi connectivity index (χ0n) is 14.4. The molecule has 4 heteroatoms. The molecular weight excluding hydrogens is 300 g/mol. The van der Waals surface area contributed by atoms with Crippen molar-refractivity contribution >= 4 is 11.8 Å². The van der Waals surface area contributed by atoms with E-state index in [2.05, 4.69) is 5.32 Å². The average molecular weight is 328 g/mol. The monoisotopic (exact) mass is 328 g/mol. The van der Waals surface area contributed by atoms with Crippen LogP contribution in [0.5, 0.6) is 0 Å². The molecule has 0 unspecified atom stereocenters. The minimum atomic E-state index is -0.431. The summed E-state index contributed by atoms with van der Waals surface area (Å²) in [5, 5.41) is 3.04. The van der Waals surface area contributed by atoms with Crippen molar-refractivity contribution in [2.45, 2.75) is 57.4 Å². The summed E-state index contributed by atoms with van der Waals surface area (Å²) in [6, 6.07) is 9.54. The molecule has 2 fully saturated rings. The minimum Gasteiger partial charge on any atom is -0.344 e. The quantitative estimate of drug-likeness (QED) is 0.873. The lowest BCUT2D eigenvalue weighted by atomic mass is 10.0. The molecule has 1 aliphatic carbocycles. The second-order valence-electron chi connectivity index (χ2n) is 7.20. The molecular formula is C20H28N2O2. The number of amides is 2. The fourth-order valence-electron chi connectivity index (χ4n) is 3.94. The van der Waals surface area contributed by atoms with Crippen molar-refractivity contribution < 1.29 is 9.59 Å². The average Bonchev–Trinajstić information content (AvgIpc) is 3.28. The number of rotatable bonds is 6. The number of nitrogens with zero attached hydrogens (tertiary/aromatic N) is 1. The number of carbonyl (C=O) groups excluding carboxylic acids is 2. The molecule has 2 aliphatic rings. The Labute approximate surface area is 144 Å². The SMILES string of the molecule is O=C(CC1CCCC1)N[C@@H](Cc1ccccc1)C(=O)N1CCCC1. The summed E-state index contributed by atoms with van der Waals surface area (Å²) in [4.78, 5) is 27.2. The Morgan fingerprint density at radius 1 is 1.04 bits per heavy atom. The van der Waals surface area contributed by atoms with Gasteiger partial charge >= 0.3 is 0 Å². The van der Waals surface area contributed by atoms with Crippen LogP contribution in [0, 0.1) is 5.92 Å². The van der Waals surface area contributed by atoms with E-state index in [-0.39, 0.29) is 11.8 Å². The molecule has 1 heterocycles. The van der Waals surface area contributed by atoms with E-state index in [9.17, 15) is 9.59 Å². The van der Waals surface area contributed by atoms with Gasteiger partial charge in [-0.1, -0.05) is 43.2 Å². The molecule has 1 N–H and O–H groups in total. The van der Waals surface area contributed by atoms with E-state index in [1.165, 1.54) is 12.8 Å². The van der Waals surface area contributed by atoms with Crippen molar-refractivity contribution in [3.63, 3.8) is 0 Å². The van der Waals surface area contributed by atoms with Crippen LogP contribution in [0.4, 0.5) is 0 Å². The Morgan fingerprint density at radius 3 is 2.38 bits per heavy atom.